The standard InChI is InChI=1S/C32H36N2O6/c1-2-38-32(37)26-12-18-29(19-13-26)40-28-16-10-25(11-17-28)31(36)34-21-20-33-30(35)24-8-14-27(15-9-24)39-22-23-6-4-3-5-7-23/h3-11,14-17,26,29H,2,12-13,18-22H2,1H3,(H,33,35)(H,34,36). The maximum absolute atomic E-state index is 12.5. The van der Waals surface area contributed by atoms with E-state index in [1.165, 1.54) is 0 Å². The summed E-state index contributed by atoms with van der Waals surface area (Å²) >= 11 is 0. The highest BCUT2D eigenvalue weighted by atomic mass is 16.5. The van der Waals surface area contributed by atoms with Gasteiger partial charge in [-0.3, -0.25) is 14.4 Å². The van der Waals surface area contributed by atoms with Gasteiger partial charge in [-0.1, -0.05) is 30.3 Å². The Morgan fingerprint density at radius 1 is 0.725 bits per heavy atom. The number of rotatable bonds is 12. The summed E-state index contributed by atoms with van der Waals surface area (Å²) in [6.45, 7) is 3.28. The molecule has 0 aromatic heterocycles. The Morgan fingerprint density at radius 2 is 1.27 bits per heavy atom. The van der Waals surface area contributed by atoms with Crippen molar-refractivity contribution in [2.45, 2.75) is 45.3 Å². The normalized spacial score (nSPS) is 16.4. The topological polar surface area (TPSA) is 103 Å². The van der Waals surface area contributed by atoms with Gasteiger partial charge in [-0.05, 0) is 86.7 Å². The summed E-state index contributed by atoms with van der Waals surface area (Å²) in [5.74, 6) is 0.776. The van der Waals surface area contributed by atoms with Crippen LogP contribution in [-0.2, 0) is 16.1 Å². The van der Waals surface area contributed by atoms with Crippen molar-refractivity contribution < 1.29 is 28.6 Å². The van der Waals surface area contributed by atoms with Crippen molar-refractivity contribution in [3.63, 3.8) is 0 Å². The lowest BCUT2D eigenvalue weighted by atomic mass is 9.87. The molecule has 1 aliphatic carbocycles. The molecule has 40 heavy (non-hydrogen) atoms. The molecule has 1 saturated carbocycles. The maximum Gasteiger partial charge on any atom is 0.308 e. The molecule has 8 heteroatoms. The van der Waals surface area contributed by atoms with Gasteiger partial charge in [0.2, 0.25) is 0 Å². The van der Waals surface area contributed by atoms with Gasteiger partial charge < -0.3 is 24.8 Å². The van der Waals surface area contributed by atoms with Gasteiger partial charge in [-0.15, -0.1) is 0 Å². The molecule has 1 aliphatic rings. The minimum absolute atomic E-state index is 0.0408. The number of esters is 1. The Hall–Kier alpha value is -4.33. The highest BCUT2D eigenvalue weighted by molar-refractivity contribution is 5.95. The highest BCUT2D eigenvalue weighted by Crippen LogP contribution is 2.28. The molecule has 2 amide bonds. The van der Waals surface area contributed by atoms with Crippen LogP contribution in [0.4, 0.5) is 0 Å². The number of hydrogen-bond acceptors (Lipinski definition) is 6. The molecular formula is C32H36N2O6. The quantitative estimate of drug-likeness (QED) is 0.248. The van der Waals surface area contributed by atoms with E-state index < -0.39 is 0 Å². The predicted octanol–water partition coefficient (Wildman–Crippen LogP) is 4.93. The largest absolute Gasteiger partial charge is 0.490 e. The smallest absolute Gasteiger partial charge is 0.308 e. The van der Waals surface area contributed by atoms with Crippen LogP contribution in [0.25, 0.3) is 0 Å². The number of hydrogen-bond donors (Lipinski definition) is 2. The number of benzene rings is 3. The summed E-state index contributed by atoms with van der Waals surface area (Å²) in [5, 5.41) is 5.63. The summed E-state index contributed by atoms with van der Waals surface area (Å²) in [6, 6.07) is 23.8. The van der Waals surface area contributed by atoms with E-state index in [-0.39, 0.29) is 29.8 Å². The van der Waals surface area contributed by atoms with Crippen molar-refractivity contribution in [3.8, 4) is 11.5 Å². The fourth-order valence-electron chi connectivity index (χ4n) is 4.55. The van der Waals surface area contributed by atoms with Crippen LogP contribution in [0.1, 0.15) is 58.9 Å². The lowest BCUT2D eigenvalue weighted by molar-refractivity contribution is -0.149. The molecule has 0 aliphatic heterocycles. The second-order valence-corrected chi connectivity index (χ2v) is 9.68. The van der Waals surface area contributed by atoms with Crippen LogP contribution in [0.15, 0.2) is 78.9 Å². The predicted molar refractivity (Wildman–Crippen MR) is 151 cm³/mol. The van der Waals surface area contributed by atoms with Gasteiger partial charge in [0.05, 0.1) is 18.6 Å². The van der Waals surface area contributed by atoms with Crippen LogP contribution in [0.5, 0.6) is 11.5 Å². The molecule has 4 rings (SSSR count). The molecule has 0 saturated heterocycles. The first-order valence-electron chi connectivity index (χ1n) is 13.8. The third-order valence-electron chi connectivity index (χ3n) is 6.77. The van der Waals surface area contributed by atoms with Crippen LogP contribution in [0.3, 0.4) is 0 Å². The summed E-state index contributed by atoms with van der Waals surface area (Å²) < 4.78 is 16.9. The first-order valence-corrected chi connectivity index (χ1v) is 13.8. The first kappa shape index (κ1) is 28.7. The zero-order chi connectivity index (χ0) is 28.2. The van der Waals surface area contributed by atoms with Crippen LogP contribution < -0.4 is 20.1 Å². The lowest BCUT2D eigenvalue weighted by Crippen LogP contribution is -2.34. The fraction of sp³-hybridized carbons (Fsp3) is 0.344. The third kappa shape index (κ3) is 8.59. The number of ether oxygens (including phenoxy) is 3. The monoisotopic (exact) mass is 544 g/mol. The van der Waals surface area contributed by atoms with Gasteiger partial charge in [0, 0.05) is 24.2 Å². The van der Waals surface area contributed by atoms with Gasteiger partial charge >= 0.3 is 5.97 Å². The van der Waals surface area contributed by atoms with Crippen LogP contribution >= 0.6 is 0 Å². The lowest BCUT2D eigenvalue weighted by Gasteiger charge is -2.27. The Balaban J connectivity index is 1.13. The van der Waals surface area contributed by atoms with E-state index in [1.54, 1.807) is 48.5 Å². The third-order valence-corrected chi connectivity index (χ3v) is 6.77. The average molecular weight is 545 g/mol. The Kier molecular flexibility index (Phi) is 10.6. The SMILES string of the molecule is CCOC(=O)C1CCC(Oc2ccc(C(=O)NCCNC(=O)c3ccc(OCc4ccccc4)cc3)cc2)CC1. The molecule has 3 aromatic carbocycles. The zero-order valence-electron chi connectivity index (χ0n) is 22.8. The van der Waals surface area contributed by atoms with Crippen LogP contribution in [0.2, 0.25) is 0 Å². The van der Waals surface area contributed by atoms with Crippen molar-refractivity contribution in [1.82, 2.24) is 10.6 Å². The maximum atomic E-state index is 12.5. The molecular weight excluding hydrogens is 508 g/mol. The van der Waals surface area contributed by atoms with Gasteiger partial charge in [0.25, 0.3) is 11.8 Å². The van der Waals surface area contributed by atoms with E-state index in [4.69, 9.17) is 14.2 Å². The second kappa shape index (κ2) is 14.7. The minimum atomic E-state index is -0.226. The van der Waals surface area contributed by atoms with Crippen molar-refractivity contribution in [2.24, 2.45) is 5.92 Å². The molecule has 0 spiro atoms. The molecule has 0 bridgehead atoms. The van der Waals surface area contributed by atoms with Crippen LogP contribution in [-0.4, -0.2) is 43.6 Å². The van der Waals surface area contributed by atoms with Crippen LogP contribution in [0, 0.1) is 5.92 Å². The molecule has 3 aromatic rings. The average Bonchev–Trinajstić information content (AvgIpc) is 2.99. The summed E-state index contributed by atoms with van der Waals surface area (Å²) in [6.07, 6.45) is 3.16. The summed E-state index contributed by atoms with van der Waals surface area (Å²) in [7, 11) is 0. The van der Waals surface area contributed by atoms with Crippen molar-refractivity contribution in [1.29, 1.82) is 0 Å². The van der Waals surface area contributed by atoms with E-state index >= 15 is 0 Å². The van der Waals surface area contributed by atoms with Crippen molar-refractivity contribution >= 4 is 17.8 Å². The molecule has 8 nitrogen and oxygen atoms in total. The molecule has 2 N–H and O–H groups in total. The van der Waals surface area contributed by atoms with Crippen molar-refractivity contribution in [2.75, 3.05) is 19.7 Å². The van der Waals surface area contributed by atoms with E-state index in [1.807, 2.05) is 37.3 Å². The Bertz CT molecular complexity index is 1240. The number of nitrogens with one attached hydrogen (secondary N) is 2. The molecule has 0 atom stereocenters. The molecule has 0 radical (unpaired) electrons. The van der Waals surface area contributed by atoms with E-state index in [0.717, 1.165) is 31.2 Å². The van der Waals surface area contributed by atoms with Gasteiger partial charge in [-0.2, -0.15) is 0 Å². The second-order valence-electron chi connectivity index (χ2n) is 9.68. The summed E-state index contributed by atoms with van der Waals surface area (Å²) in [4.78, 5) is 36.8. The van der Waals surface area contributed by atoms with E-state index in [0.29, 0.717) is 48.9 Å². The van der Waals surface area contributed by atoms with Crippen molar-refractivity contribution in [3.05, 3.63) is 95.6 Å². The van der Waals surface area contributed by atoms with Gasteiger partial charge in [-0.25, -0.2) is 0 Å². The fourth-order valence-corrected chi connectivity index (χ4v) is 4.55. The molecule has 0 heterocycles. The Morgan fingerprint density at radius 3 is 1.82 bits per heavy atom. The highest BCUT2D eigenvalue weighted by Gasteiger charge is 2.28. The molecule has 1 fully saturated rings. The van der Waals surface area contributed by atoms with E-state index in [9.17, 15) is 14.4 Å². The first-order chi connectivity index (χ1) is 19.5. The number of carbonyl (C=O) groups excluding carboxylic acids is 3. The summed E-state index contributed by atoms with van der Waals surface area (Å²) in [5.41, 5.74) is 2.10. The van der Waals surface area contributed by atoms with Gasteiger partial charge in [0.1, 0.15) is 18.1 Å². The number of amides is 2. The van der Waals surface area contributed by atoms with E-state index in [2.05, 4.69) is 10.6 Å². The minimum Gasteiger partial charge on any atom is -0.490 e. The zero-order valence-corrected chi connectivity index (χ0v) is 22.8. The number of carbonyl (C=O) groups is 3. The molecule has 210 valence electrons. The molecule has 0 unspecified atom stereocenters. The van der Waals surface area contributed by atoms with Gasteiger partial charge in [0.15, 0.2) is 0 Å². The Labute approximate surface area is 235 Å².